The van der Waals surface area contributed by atoms with Crippen molar-refractivity contribution in [2.75, 3.05) is 11.9 Å². The lowest BCUT2D eigenvalue weighted by Crippen LogP contribution is -2.52. The van der Waals surface area contributed by atoms with E-state index in [9.17, 15) is 9.90 Å². The van der Waals surface area contributed by atoms with Gasteiger partial charge in [-0.05, 0) is 51.2 Å². The van der Waals surface area contributed by atoms with Crippen LogP contribution in [0, 0.1) is 19.8 Å². The van der Waals surface area contributed by atoms with Crippen LogP contribution in [0.5, 0.6) is 0 Å². The largest absolute Gasteiger partial charge is 0.394 e. The van der Waals surface area contributed by atoms with E-state index in [4.69, 9.17) is 11.6 Å². The SMILES string of the molecule is Cc1cc(C)c(NC(=O)NC(C)(CO)C2CC2)c(Cl)n1. The van der Waals surface area contributed by atoms with Crippen LogP contribution < -0.4 is 10.6 Å². The van der Waals surface area contributed by atoms with Gasteiger partial charge < -0.3 is 15.7 Å². The molecule has 1 saturated carbocycles. The Hall–Kier alpha value is -1.33. The molecule has 0 radical (unpaired) electrons. The molecule has 2 rings (SSSR count). The summed E-state index contributed by atoms with van der Waals surface area (Å²) in [4.78, 5) is 16.2. The second-order valence-corrected chi connectivity index (χ2v) is 6.03. The third kappa shape index (κ3) is 3.22. The highest BCUT2D eigenvalue weighted by atomic mass is 35.5. The highest BCUT2D eigenvalue weighted by molar-refractivity contribution is 6.32. The molecule has 1 atom stereocenters. The fourth-order valence-corrected chi connectivity index (χ4v) is 2.67. The molecule has 1 aliphatic carbocycles. The van der Waals surface area contributed by atoms with Crippen molar-refractivity contribution in [2.45, 2.75) is 39.2 Å². The van der Waals surface area contributed by atoms with E-state index in [0.717, 1.165) is 24.1 Å². The van der Waals surface area contributed by atoms with Gasteiger partial charge in [0.05, 0.1) is 17.8 Å². The smallest absolute Gasteiger partial charge is 0.319 e. The molecule has 1 unspecified atom stereocenters. The van der Waals surface area contributed by atoms with E-state index < -0.39 is 5.54 Å². The number of rotatable bonds is 4. The van der Waals surface area contributed by atoms with Gasteiger partial charge in [0, 0.05) is 5.69 Å². The standard InChI is InChI=1S/C14H20ClN3O2/c1-8-6-9(2)16-12(15)11(8)17-13(20)18-14(3,7-19)10-4-5-10/h6,10,19H,4-5,7H2,1-3H3,(H2,17,18,20). The molecule has 0 saturated heterocycles. The molecule has 110 valence electrons. The maximum Gasteiger partial charge on any atom is 0.319 e. The fourth-order valence-electron chi connectivity index (χ4n) is 2.34. The highest BCUT2D eigenvalue weighted by Crippen LogP contribution is 2.39. The van der Waals surface area contributed by atoms with Crippen LogP contribution in [0.25, 0.3) is 0 Å². The monoisotopic (exact) mass is 297 g/mol. The van der Waals surface area contributed by atoms with Crippen LogP contribution in [-0.4, -0.2) is 28.3 Å². The maximum atomic E-state index is 12.1. The summed E-state index contributed by atoms with van der Waals surface area (Å²) < 4.78 is 0. The zero-order valence-corrected chi connectivity index (χ0v) is 12.7. The molecule has 0 spiro atoms. The van der Waals surface area contributed by atoms with Gasteiger partial charge in [0.15, 0.2) is 5.15 Å². The number of hydrogen-bond acceptors (Lipinski definition) is 3. The quantitative estimate of drug-likeness (QED) is 0.748. The van der Waals surface area contributed by atoms with Crippen molar-refractivity contribution in [3.63, 3.8) is 0 Å². The number of urea groups is 1. The van der Waals surface area contributed by atoms with Gasteiger partial charge in [-0.2, -0.15) is 0 Å². The number of pyridine rings is 1. The number of aliphatic hydroxyl groups is 1. The number of aliphatic hydroxyl groups excluding tert-OH is 1. The summed E-state index contributed by atoms with van der Waals surface area (Å²) >= 11 is 6.06. The summed E-state index contributed by atoms with van der Waals surface area (Å²) in [6, 6.07) is 1.48. The Balaban J connectivity index is 2.08. The Morgan fingerprint density at radius 3 is 2.70 bits per heavy atom. The molecule has 1 aromatic heterocycles. The van der Waals surface area contributed by atoms with Crippen molar-refractivity contribution in [1.29, 1.82) is 0 Å². The number of amides is 2. The lowest BCUT2D eigenvalue weighted by Gasteiger charge is -2.29. The molecule has 1 heterocycles. The zero-order valence-electron chi connectivity index (χ0n) is 12.0. The molecule has 0 aliphatic heterocycles. The molecule has 0 aromatic carbocycles. The Morgan fingerprint density at radius 2 is 2.20 bits per heavy atom. The maximum absolute atomic E-state index is 12.1. The Bertz CT molecular complexity index is 508. The number of carbonyl (C=O) groups excluding carboxylic acids is 1. The summed E-state index contributed by atoms with van der Waals surface area (Å²) in [6.07, 6.45) is 2.06. The van der Waals surface area contributed by atoms with E-state index in [1.54, 1.807) is 0 Å². The second kappa shape index (κ2) is 5.58. The lowest BCUT2D eigenvalue weighted by atomic mass is 9.97. The number of halogens is 1. The Labute approximate surface area is 123 Å². The number of nitrogens with zero attached hydrogens (tertiary/aromatic N) is 1. The van der Waals surface area contributed by atoms with Crippen molar-refractivity contribution >= 4 is 23.3 Å². The number of aromatic nitrogens is 1. The van der Waals surface area contributed by atoms with Gasteiger partial charge in [-0.25, -0.2) is 9.78 Å². The average Bonchev–Trinajstić information content (AvgIpc) is 3.18. The van der Waals surface area contributed by atoms with Gasteiger partial charge in [-0.3, -0.25) is 0 Å². The predicted octanol–water partition coefficient (Wildman–Crippen LogP) is 2.63. The van der Waals surface area contributed by atoms with Crippen molar-refractivity contribution in [1.82, 2.24) is 10.3 Å². The van der Waals surface area contributed by atoms with E-state index in [-0.39, 0.29) is 17.8 Å². The molecule has 5 nitrogen and oxygen atoms in total. The average molecular weight is 298 g/mol. The molecule has 20 heavy (non-hydrogen) atoms. The lowest BCUT2D eigenvalue weighted by molar-refractivity contribution is 0.159. The number of aryl methyl sites for hydroxylation is 2. The minimum Gasteiger partial charge on any atom is -0.394 e. The van der Waals surface area contributed by atoms with E-state index in [1.165, 1.54) is 0 Å². The van der Waals surface area contributed by atoms with E-state index in [1.807, 2.05) is 26.8 Å². The molecule has 2 amide bonds. The summed E-state index contributed by atoms with van der Waals surface area (Å²) in [5, 5.41) is 15.3. The van der Waals surface area contributed by atoms with E-state index >= 15 is 0 Å². The van der Waals surface area contributed by atoms with Crippen LogP contribution in [0.15, 0.2) is 6.07 Å². The van der Waals surface area contributed by atoms with Crippen LogP contribution in [-0.2, 0) is 0 Å². The molecule has 6 heteroatoms. The minimum absolute atomic E-state index is 0.0794. The number of hydrogen-bond donors (Lipinski definition) is 3. The van der Waals surface area contributed by atoms with Crippen molar-refractivity contribution in [3.05, 3.63) is 22.5 Å². The normalized spacial score (nSPS) is 17.4. The Morgan fingerprint density at radius 1 is 1.55 bits per heavy atom. The van der Waals surface area contributed by atoms with Crippen LogP contribution in [0.1, 0.15) is 31.0 Å². The van der Waals surface area contributed by atoms with Gasteiger partial charge in [0.1, 0.15) is 0 Å². The van der Waals surface area contributed by atoms with Crippen LogP contribution in [0.2, 0.25) is 5.15 Å². The van der Waals surface area contributed by atoms with Gasteiger partial charge in [0.2, 0.25) is 0 Å². The first-order chi connectivity index (χ1) is 9.35. The molecular weight excluding hydrogens is 278 g/mol. The highest BCUT2D eigenvalue weighted by Gasteiger charge is 2.42. The number of carbonyl (C=O) groups is 1. The van der Waals surface area contributed by atoms with E-state index in [2.05, 4.69) is 15.6 Å². The molecule has 3 N–H and O–H groups in total. The summed E-state index contributed by atoms with van der Waals surface area (Å²) in [7, 11) is 0. The predicted molar refractivity (Wildman–Crippen MR) is 79.1 cm³/mol. The molecule has 0 bridgehead atoms. The fraction of sp³-hybridized carbons (Fsp3) is 0.571. The van der Waals surface area contributed by atoms with Crippen molar-refractivity contribution < 1.29 is 9.90 Å². The van der Waals surface area contributed by atoms with Gasteiger partial charge >= 0.3 is 6.03 Å². The molecule has 1 aromatic rings. The van der Waals surface area contributed by atoms with Crippen LogP contribution >= 0.6 is 11.6 Å². The first-order valence-electron chi connectivity index (χ1n) is 6.69. The summed E-state index contributed by atoms with van der Waals surface area (Å²) in [5.41, 5.74) is 1.58. The topological polar surface area (TPSA) is 74.2 Å². The van der Waals surface area contributed by atoms with E-state index in [0.29, 0.717) is 11.6 Å². The third-order valence-electron chi connectivity index (χ3n) is 3.75. The van der Waals surface area contributed by atoms with Crippen molar-refractivity contribution in [2.24, 2.45) is 5.92 Å². The molecular formula is C14H20ClN3O2. The molecule has 1 aliphatic rings. The first kappa shape index (κ1) is 15.1. The summed E-state index contributed by atoms with van der Waals surface area (Å²) in [6.45, 7) is 5.48. The second-order valence-electron chi connectivity index (χ2n) is 5.68. The minimum atomic E-state index is -0.581. The molecule has 1 fully saturated rings. The Kier molecular flexibility index (Phi) is 4.20. The zero-order chi connectivity index (χ0) is 14.9. The number of anilines is 1. The van der Waals surface area contributed by atoms with Gasteiger partial charge in [-0.1, -0.05) is 11.6 Å². The number of nitrogens with one attached hydrogen (secondary N) is 2. The first-order valence-corrected chi connectivity index (χ1v) is 7.07. The van der Waals surface area contributed by atoms with Crippen LogP contribution in [0.3, 0.4) is 0 Å². The third-order valence-corrected chi connectivity index (χ3v) is 4.02. The summed E-state index contributed by atoms with van der Waals surface area (Å²) in [5.74, 6) is 0.339. The van der Waals surface area contributed by atoms with Crippen LogP contribution in [0.4, 0.5) is 10.5 Å². The van der Waals surface area contributed by atoms with Crippen molar-refractivity contribution in [3.8, 4) is 0 Å². The van der Waals surface area contributed by atoms with Gasteiger partial charge in [0.25, 0.3) is 0 Å². The van der Waals surface area contributed by atoms with Gasteiger partial charge in [-0.15, -0.1) is 0 Å².